The molecule has 0 saturated heterocycles. The minimum atomic E-state index is -4.72. The second-order valence-corrected chi connectivity index (χ2v) is 6.48. The summed E-state index contributed by atoms with van der Waals surface area (Å²) < 4.78 is 69.9. The molecule has 3 amide bonds. The Morgan fingerprint density at radius 3 is 2.42 bits per heavy atom. The van der Waals surface area contributed by atoms with E-state index < -0.39 is 42.0 Å². The Balaban J connectivity index is 2.02. The van der Waals surface area contributed by atoms with Gasteiger partial charge in [0.15, 0.2) is 0 Å². The number of urea groups is 1. The van der Waals surface area contributed by atoms with E-state index in [2.05, 4.69) is 20.7 Å². The number of ether oxygens (including phenoxy) is 1. The summed E-state index contributed by atoms with van der Waals surface area (Å²) in [6.45, 7) is -1.80. The van der Waals surface area contributed by atoms with E-state index in [0.717, 1.165) is 12.1 Å². The summed E-state index contributed by atoms with van der Waals surface area (Å²) in [4.78, 5) is 24.9. The number of anilines is 1. The molecule has 11 heteroatoms. The highest BCUT2D eigenvalue weighted by Gasteiger charge is 2.36. The third-order valence-electron chi connectivity index (χ3n) is 4.44. The Kier molecular flexibility index (Phi) is 6.14. The number of hydrogen-bond acceptors (Lipinski definition) is 3. The lowest BCUT2D eigenvalue weighted by Crippen LogP contribution is -2.46. The number of allylic oxidation sites excluding steroid dienone is 1. The minimum Gasteiger partial charge on any atom is -0.434 e. The fraction of sp³-hybridized carbons (Fsp3) is 0.200. The molecule has 0 unspecified atom stereocenters. The molecule has 0 bridgehead atoms. The van der Waals surface area contributed by atoms with Crippen LogP contribution >= 0.6 is 0 Å². The molecule has 2 aromatic carbocycles. The molecule has 1 aliphatic heterocycles. The number of alkyl halides is 5. The van der Waals surface area contributed by atoms with Crippen LogP contribution in [-0.2, 0) is 11.0 Å². The van der Waals surface area contributed by atoms with Crippen LogP contribution < -0.4 is 20.7 Å². The number of para-hydroxylation sites is 2. The van der Waals surface area contributed by atoms with Crippen molar-refractivity contribution < 1.29 is 36.3 Å². The Morgan fingerprint density at radius 1 is 1.10 bits per heavy atom. The molecule has 0 fully saturated rings. The lowest BCUT2D eigenvalue weighted by molar-refractivity contribution is -0.137. The van der Waals surface area contributed by atoms with Crippen LogP contribution in [0.4, 0.5) is 32.4 Å². The Hall–Kier alpha value is -3.63. The molecule has 1 aliphatic rings. The topological polar surface area (TPSA) is 79.5 Å². The molecule has 6 nitrogen and oxygen atoms in total. The van der Waals surface area contributed by atoms with E-state index in [0.29, 0.717) is 0 Å². The van der Waals surface area contributed by atoms with Gasteiger partial charge in [-0.25, -0.2) is 4.79 Å². The molecule has 3 N–H and O–H groups in total. The smallest absolute Gasteiger partial charge is 0.418 e. The minimum absolute atomic E-state index is 0.0336. The maximum absolute atomic E-state index is 13.3. The van der Waals surface area contributed by atoms with Gasteiger partial charge < -0.3 is 20.7 Å². The number of hydrogen-bond donors (Lipinski definition) is 3. The van der Waals surface area contributed by atoms with Gasteiger partial charge in [-0.15, -0.1) is 0 Å². The number of carbonyl (C=O) groups is 2. The van der Waals surface area contributed by atoms with Gasteiger partial charge in [0.25, 0.3) is 5.91 Å². The van der Waals surface area contributed by atoms with Gasteiger partial charge in [-0.2, -0.15) is 22.0 Å². The van der Waals surface area contributed by atoms with E-state index in [4.69, 9.17) is 0 Å². The van der Waals surface area contributed by atoms with Crippen molar-refractivity contribution in [3.8, 4) is 5.75 Å². The van der Waals surface area contributed by atoms with Crippen LogP contribution in [0.15, 0.2) is 59.8 Å². The fourth-order valence-electron chi connectivity index (χ4n) is 3.18. The third kappa shape index (κ3) is 4.93. The van der Waals surface area contributed by atoms with E-state index in [9.17, 15) is 31.5 Å². The van der Waals surface area contributed by atoms with Crippen molar-refractivity contribution in [3.05, 3.63) is 70.9 Å². The number of rotatable bonds is 5. The zero-order valence-electron chi connectivity index (χ0n) is 15.9. The van der Waals surface area contributed by atoms with Crippen LogP contribution in [0.5, 0.6) is 5.75 Å². The highest BCUT2D eigenvalue weighted by molar-refractivity contribution is 6.07. The van der Waals surface area contributed by atoms with Gasteiger partial charge in [0, 0.05) is 11.3 Å². The highest BCUT2D eigenvalue weighted by atomic mass is 19.4. The summed E-state index contributed by atoms with van der Waals surface area (Å²) in [7, 11) is 0. The summed E-state index contributed by atoms with van der Waals surface area (Å²) >= 11 is 0. The second-order valence-electron chi connectivity index (χ2n) is 6.48. The molecule has 2 aromatic rings. The van der Waals surface area contributed by atoms with Gasteiger partial charge in [-0.3, -0.25) is 4.79 Å². The summed E-state index contributed by atoms with van der Waals surface area (Å²) in [6.07, 6.45) is -4.72. The maximum atomic E-state index is 13.3. The van der Waals surface area contributed by atoms with Gasteiger partial charge in [-0.1, -0.05) is 30.3 Å². The van der Waals surface area contributed by atoms with Gasteiger partial charge in [0.2, 0.25) is 0 Å². The zero-order chi connectivity index (χ0) is 22.8. The monoisotopic (exact) mass is 441 g/mol. The molecule has 1 atom stereocenters. The molecule has 0 spiro atoms. The number of nitrogens with one attached hydrogen (secondary N) is 3. The third-order valence-corrected chi connectivity index (χ3v) is 4.44. The van der Waals surface area contributed by atoms with Crippen LogP contribution in [0, 0.1) is 0 Å². The lowest BCUT2D eigenvalue weighted by Gasteiger charge is -2.30. The van der Waals surface area contributed by atoms with Gasteiger partial charge in [-0.05, 0) is 25.1 Å². The average molecular weight is 441 g/mol. The standard InChI is InChI=1S/C20H16F5N3O3/c1-10-15(17(29)27-13-8-4-3-7-12(13)20(23,24)25)16(28-19(30)26-10)11-6-2-5-9-14(11)31-18(21)22/h2-9,16,18H,1H3,(H,27,29)(H2,26,28,30)/t16-/m1/s1. The molecule has 164 valence electrons. The summed E-state index contributed by atoms with van der Waals surface area (Å²) in [5.41, 5.74) is -1.64. The predicted octanol–water partition coefficient (Wildman–Crippen LogP) is 4.57. The number of carbonyl (C=O) groups excluding carboxylic acids is 2. The SMILES string of the molecule is CC1=C(C(=O)Nc2ccccc2C(F)(F)F)[C@@H](c2ccccc2OC(F)F)NC(=O)N1. The molecule has 3 rings (SSSR count). The quantitative estimate of drug-likeness (QED) is 0.595. The molecular formula is C20H16F5N3O3. The molecule has 0 radical (unpaired) electrons. The molecule has 0 saturated carbocycles. The summed E-state index contributed by atoms with van der Waals surface area (Å²) in [5.74, 6) is -1.25. The Morgan fingerprint density at radius 2 is 1.74 bits per heavy atom. The lowest BCUT2D eigenvalue weighted by atomic mass is 9.94. The first-order chi connectivity index (χ1) is 14.6. The first kappa shape index (κ1) is 22.1. The van der Waals surface area contributed by atoms with Crippen LogP contribution in [0.1, 0.15) is 24.1 Å². The van der Waals surface area contributed by atoms with Crippen molar-refractivity contribution in [2.75, 3.05) is 5.32 Å². The first-order valence-corrected chi connectivity index (χ1v) is 8.87. The van der Waals surface area contributed by atoms with E-state index in [1.807, 2.05) is 0 Å². The molecular weight excluding hydrogens is 425 g/mol. The fourth-order valence-corrected chi connectivity index (χ4v) is 3.18. The van der Waals surface area contributed by atoms with Crippen LogP contribution in [0.3, 0.4) is 0 Å². The number of benzene rings is 2. The summed E-state index contributed by atoms with van der Waals surface area (Å²) in [6, 6.07) is 7.88. The van der Waals surface area contributed by atoms with Crippen molar-refractivity contribution in [1.82, 2.24) is 10.6 Å². The Bertz CT molecular complexity index is 1040. The molecule has 31 heavy (non-hydrogen) atoms. The van der Waals surface area contributed by atoms with E-state index in [1.165, 1.54) is 43.3 Å². The van der Waals surface area contributed by atoms with Crippen molar-refractivity contribution in [2.45, 2.75) is 25.8 Å². The average Bonchev–Trinajstić information content (AvgIpc) is 2.66. The van der Waals surface area contributed by atoms with Crippen molar-refractivity contribution in [2.24, 2.45) is 0 Å². The normalized spacial score (nSPS) is 16.6. The van der Waals surface area contributed by atoms with E-state index in [1.54, 1.807) is 0 Å². The van der Waals surface area contributed by atoms with Crippen LogP contribution in [0.2, 0.25) is 0 Å². The second kappa shape index (κ2) is 8.62. The van der Waals surface area contributed by atoms with Gasteiger partial charge in [0.05, 0.1) is 22.9 Å². The van der Waals surface area contributed by atoms with Crippen molar-refractivity contribution in [3.63, 3.8) is 0 Å². The molecule has 0 aliphatic carbocycles. The van der Waals surface area contributed by atoms with E-state index >= 15 is 0 Å². The van der Waals surface area contributed by atoms with E-state index in [-0.39, 0.29) is 22.6 Å². The highest BCUT2D eigenvalue weighted by Crippen LogP contribution is 2.37. The molecule has 1 heterocycles. The number of amides is 3. The zero-order valence-corrected chi connectivity index (χ0v) is 15.9. The van der Waals surface area contributed by atoms with Gasteiger partial charge in [0.1, 0.15) is 5.75 Å². The largest absolute Gasteiger partial charge is 0.434 e. The Labute approximate surface area is 173 Å². The first-order valence-electron chi connectivity index (χ1n) is 8.87. The maximum Gasteiger partial charge on any atom is 0.418 e. The summed E-state index contributed by atoms with van der Waals surface area (Å²) in [5, 5.41) is 6.98. The van der Waals surface area contributed by atoms with Crippen molar-refractivity contribution in [1.29, 1.82) is 0 Å². The van der Waals surface area contributed by atoms with Gasteiger partial charge >= 0.3 is 18.8 Å². The van der Waals surface area contributed by atoms with Crippen molar-refractivity contribution >= 4 is 17.6 Å². The molecule has 0 aromatic heterocycles. The van der Waals surface area contributed by atoms with Crippen LogP contribution in [0.25, 0.3) is 0 Å². The predicted molar refractivity (Wildman–Crippen MR) is 100 cm³/mol. The number of halogens is 5. The van der Waals surface area contributed by atoms with Crippen LogP contribution in [-0.4, -0.2) is 18.5 Å².